The van der Waals surface area contributed by atoms with Crippen LogP contribution in [0.1, 0.15) is 56.3 Å². The number of sulfonamides is 1. The van der Waals surface area contributed by atoms with Gasteiger partial charge in [0.2, 0.25) is 10.0 Å². The zero-order valence-electron chi connectivity index (χ0n) is 24.4. The Kier molecular flexibility index (Phi) is 9.58. The van der Waals surface area contributed by atoms with Crippen LogP contribution < -0.4 is 4.74 Å². The van der Waals surface area contributed by atoms with Crippen LogP contribution in [0.15, 0.2) is 75.4 Å². The first-order valence-electron chi connectivity index (χ1n) is 13.5. The van der Waals surface area contributed by atoms with Gasteiger partial charge < -0.3 is 9.47 Å². The molecule has 4 rings (SSSR count). The van der Waals surface area contributed by atoms with E-state index in [2.05, 4.69) is 0 Å². The third-order valence-electron chi connectivity index (χ3n) is 6.97. The number of esters is 1. The molecule has 44 heavy (non-hydrogen) atoms. The molecule has 0 saturated heterocycles. The molecule has 0 saturated carbocycles. The number of hydrogen-bond acceptors (Lipinski definition) is 6. The molecule has 0 amide bonds. The van der Waals surface area contributed by atoms with Crippen molar-refractivity contribution >= 4 is 37.8 Å². The lowest BCUT2D eigenvalue weighted by molar-refractivity contribution is -0.157. The summed E-state index contributed by atoms with van der Waals surface area (Å²) in [7, 11) is -7.68. The normalized spacial score (nSPS) is 17.1. The number of rotatable bonds is 8. The largest absolute Gasteiger partial charge is 0.482 e. The van der Waals surface area contributed by atoms with E-state index in [0.29, 0.717) is 48.3 Å². The molecule has 8 nitrogen and oxygen atoms in total. The van der Waals surface area contributed by atoms with Gasteiger partial charge in [0.1, 0.15) is 11.4 Å². The summed E-state index contributed by atoms with van der Waals surface area (Å²) in [4.78, 5) is 10.5. The molecule has 238 valence electrons. The van der Waals surface area contributed by atoms with Gasteiger partial charge in [0.15, 0.2) is 16.4 Å². The summed E-state index contributed by atoms with van der Waals surface area (Å²) in [5.74, 6) is -0.213. The van der Waals surface area contributed by atoms with Crippen molar-refractivity contribution in [3.8, 4) is 5.75 Å². The molecule has 0 aromatic heterocycles. The number of fused-ring (bicyclic) bond motifs is 1. The smallest absolute Gasteiger partial charge is 0.416 e. The SMILES string of the molecule is CN([C@@H]1CCCc2c(OCC(=O)OC(C)(C)C)cccc21)S(=O)(=O)c1cc(C(F)(F)F)cc([S+](=O)(O)c2ccc(Cl)cc2)c1. The molecule has 0 spiro atoms. The molecule has 3 aromatic carbocycles. The number of hydrogen-bond donors (Lipinski definition) is 1. The summed E-state index contributed by atoms with van der Waals surface area (Å²) in [6.45, 7) is 4.80. The predicted molar refractivity (Wildman–Crippen MR) is 159 cm³/mol. The number of ether oxygens (including phenoxy) is 2. The van der Waals surface area contributed by atoms with Crippen LogP contribution in [0.25, 0.3) is 0 Å². The number of carbonyl (C=O) groups is 1. The van der Waals surface area contributed by atoms with Crippen LogP contribution in [0, 0.1) is 0 Å². The van der Waals surface area contributed by atoms with Crippen LogP contribution in [-0.2, 0) is 46.6 Å². The third-order valence-corrected chi connectivity index (χ3v) is 10.9. The Balaban J connectivity index is 1.71. The van der Waals surface area contributed by atoms with E-state index in [1.165, 1.54) is 31.3 Å². The molecule has 0 radical (unpaired) electrons. The predicted octanol–water partition coefficient (Wildman–Crippen LogP) is 7.17. The Hall–Kier alpha value is -2.97. The van der Waals surface area contributed by atoms with E-state index in [9.17, 15) is 35.1 Å². The highest BCUT2D eigenvalue weighted by molar-refractivity contribution is 7.97. The summed E-state index contributed by atoms with van der Waals surface area (Å²) < 4.78 is 106. The average Bonchev–Trinajstić information content (AvgIpc) is 2.94. The highest BCUT2D eigenvalue weighted by Crippen LogP contribution is 2.42. The van der Waals surface area contributed by atoms with E-state index in [1.54, 1.807) is 39.0 Å². The Labute approximate surface area is 260 Å². The van der Waals surface area contributed by atoms with Crippen LogP contribution in [0.3, 0.4) is 0 Å². The molecular formula is C30H32ClF3NO7S2+. The van der Waals surface area contributed by atoms with Crippen molar-refractivity contribution in [1.29, 1.82) is 0 Å². The van der Waals surface area contributed by atoms with E-state index >= 15 is 0 Å². The molecule has 1 unspecified atom stereocenters. The standard InChI is InChI=1S/C30H31ClF3NO7S2/c1-29(2,3)42-28(36)18-41-27-10-6-7-24-25(27)8-5-9-26(24)35(4)44(39,40)23-16-19(30(32,33)34)15-22(17-23)43(37,38)21-13-11-20(31)12-14-21/h6-7,10-17,26H,5,8-9,18H2,1-4H3/p+1/t26-/m1/s1. The zero-order chi connectivity index (χ0) is 32.7. The van der Waals surface area contributed by atoms with E-state index in [0.717, 1.165) is 10.4 Å². The Morgan fingerprint density at radius 3 is 2.34 bits per heavy atom. The highest BCUT2D eigenvalue weighted by Gasteiger charge is 2.41. The second-order valence-corrected chi connectivity index (χ2v) is 15.7. The van der Waals surface area contributed by atoms with Crippen LogP contribution >= 0.6 is 11.6 Å². The maximum absolute atomic E-state index is 14.0. The Bertz CT molecular complexity index is 1700. The minimum absolute atomic E-state index is 0.238. The fourth-order valence-electron chi connectivity index (χ4n) is 4.94. The minimum Gasteiger partial charge on any atom is -0.482 e. The summed E-state index contributed by atoms with van der Waals surface area (Å²) in [6.07, 6.45) is -3.61. The van der Waals surface area contributed by atoms with E-state index in [-0.39, 0.29) is 16.5 Å². The molecule has 0 aliphatic heterocycles. The fraction of sp³-hybridized carbons (Fsp3) is 0.367. The van der Waals surface area contributed by atoms with Gasteiger partial charge >= 0.3 is 12.1 Å². The molecule has 3 aromatic rings. The summed E-state index contributed by atoms with van der Waals surface area (Å²) >= 11 is 5.85. The van der Waals surface area contributed by atoms with Gasteiger partial charge in [-0.2, -0.15) is 22.0 Å². The van der Waals surface area contributed by atoms with Gasteiger partial charge in [0.05, 0.1) is 16.5 Å². The summed E-state index contributed by atoms with van der Waals surface area (Å²) in [6, 6.07) is 10.9. The number of alkyl halides is 3. The molecular weight excluding hydrogens is 643 g/mol. The lowest BCUT2D eigenvalue weighted by atomic mass is 9.87. The van der Waals surface area contributed by atoms with Crippen molar-refractivity contribution in [3.05, 3.63) is 82.4 Å². The van der Waals surface area contributed by atoms with Crippen molar-refractivity contribution in [1.82, 2.24) is 4.31 Å². The van der Waals surface area contributed by atoms with Gasteiger partial charge in [-0.15, -0.1) is 0 Å². The van der Waals surface area contributed by atoms with E-state index < -0.39 is 59.4 Å². The summed E-state index contributed by atoms with van der Waals surface area (Å²) in [5, 5.41) is 0.240. The number of benzene rings is 3. The molecule has 1 aliphatic rings. The molecule has 2 atom stereocenters. The van der Waals surface area contributed by atoms with Crippen LogP contribution in [-0.4, -0.2) is 42.5 Å². The first-order chi connectivity index (χ1) is 20.3. The van der Waals surface area contributed by atoms with Gasteiger partial charge in [-0.25, -0.2) is 13.2 Å². The first kappa shape index (κ1) is 33.9. The summed E-state index contributed by atoms with van der Waals surface area (Å²) in [5.41, 5.74) is -0.858. The molecule has 0 heterocycles. The lowest BCUT2D eigenvalue weighted by Gasteiger charge is -2.33. The molecule has 0 fully saturated rings. The van der Waals surface area contributed by atoms with Crippen molar-refractivity contribution in [2.24, 2.45) is 0 Å². The van der Waals surface area contributed by atoms with Crippen LogP contribution in [0.4, 0.5) is 13.2 Å². The quantitative estimate of drug-likeness (QED) is 0.199. The van der Waals surface area contributed by atoms with Gasteiger partial charge in [0, 0.05) is 24.2 Å². The molecule has 0 bridgehead atoms. The number of nitrogens with zero attached hydrogens (tertiary/aromatic N) is 1. The van der Waals surface area contributed by atoms with Crippen LogP contribution in [0.5, 0.6) is 5.75 Å². The van der Waals surface area contributed by atoms with Crippen molar-refractivity contribution < 1.29 is 44.6 Å². The van der Waals surface area contributed by atoms with Gasteiger partial charge in [-0.05, 0) is 87.6 Å². The number of carbonyl (C=O) groups excluding carboxylic acids is 1. The van der Waals surface area contributed by atoms with Gasteiger partial charge in [-0.3, -0.25) is 0 Å². The van der Waals surface area contributed by atoms with Crippen molar-refractivity contribution in [2.45, 2.75) is 72.5 Å². The van der Waals surface area contributed by atoms with Crippen molar-refractivity contribution in [2.75, 3.05) is 13.7 Å². The first-order valence-corrected chi connectivity index (χ1v) is 16.8. The second-order valence-electron chi connectivity index (χ2n) is 11.3. The van der Waals surface area contributed by atoms with Gasteiger partial charge in [0.25, 0.3) is 10.2 Å². The van der Waals surface area contributed by atoms with Crippen molar-refractivity contribution in [3.63, 3.8) is 0 Å². The minimum atomic E-state index is -5.01. The maximum Gasteiger partial charge on any atom is 0.416 e. The van der Waals surface area contributed by atoms with Gasteiger partial charge in [-0.1, -0.05) is 27.9 Å². The monoisotopic (exact) mass is 674 g/mol. The third kappa shape index (κ3) is 7.45. The Morgan fingerprint density at radius 1 is 1.07 bits per heavy atom. The zero-order valence-corrected chi connectivity index (χ0v) is 26.7. The lowest BCUT2D eigenvalue weighted by Crippen LogP contribution is -2.34. The van der Waals surface area contributed by atoms with E-state index in [1.807, 2.05) is 0 Å². The molecule has 1 aliphatic carbocycles. The fourth-order valence-corrected chi connectivity index (χ4v) is 7.93. The average molecular weight is 675 g/mol. The highest BCUT2D eigenvalue weighted by atomic mass is 35.5. The molecule has 1 N–H and O–H groups in total. The Morgan fingerprint density at radius 2 is 1.73 bits per heavy atom. The second kappa shape index (κ2) is 12.4. The number of halogens is 4. The molecule has 14 heteroatoms. The van der Waals surface area contributed by atoms with Crippen LogP contribution in [0.2, 0.25) is 5.02 Å². The topological polar surface area (TPSA) is 110 Å². The van der Waals surface area contributed by atoms with E-state index in [4.69, 9.17) is 21.1 Å². The maximum atomic E-state index is 14.0.